The molecule has 210 valence electrons. The van der Waals surface area contributed by atoms with Gasteiger partial charge < -0.3 is 10.2 Å². The summed E-state index contributed by atoms with van der Waals surface area (Å²) in [5, 5.41) is -0.254. The van der Waals surface area contributed by atoms with Gasteiger partial charge in [0.25, 0.3) is 5.91 Å². The van der Waals surface area contributed by atoms with Crippen LogP contribution in [0.15, 0.2) is 29.2 Å². The van der Waals surface area contributed by atoms with E-state index in [-0.39, 0.29) is 30.2 Å². The first-order chi connectivity index (χ1) is 18.0. The molecule has 6 nitrogen and oxygen atoms in total. The highest BCUT2D eigenvalue weighted by atomic mass is 19.4. The van der Waals surface area contributed by atoms with Crippen LogP contribution in [-0.2, 0) is 0 Å². The lowest BCUT2D eigenvalue weighted by Crippen LogP contribution is -2.55. The number of carbonyl (C=O) groups is 1. The first-order valence-electron chi connectivity index (χ1n) is 11.1. The Balaban J connectivity index is 2.01. The van der Waals surface area contributed by atoms with Crippen molar-refractivity contribution in [3.63, 3.8) is 0 Å². The highest BCUT2D eigenvalue weighted by molar-refractivity contribution is 5.97. The van der Waals surface area contributed by atoms with Gasteiger partial charge in [0, 0.05) is 30.9 Å². The number of benzene rings is 1. The first kappa shape index (κ1) is 28.2. The highest BCUT2D eigenvalue weighted by Crippen LogP contribution is 2.34. The summed E-state index contributed by atoms with van der Waals surface area (Å²) < 4.78 is 136. The van der Waals surface area contributed by atoms with Crippen molar-refractivity contribution in [2.75, 3.05) is 11.4 Å². The van der Waals surface area contributed by atoms with E-state index in [1.807, 2.05) is 0 Å². The maximum atomic E-state index is 15.1. The summed E-state index contributed by atoms with van der Waals surface area (Å²) >= 11 is 0. The Morgan fingerprint density at radius 3 is 2.10 bits per heavy atom. The Morgan fingerprint density at radius 1 is 1.00 bits per heavy atom. The summed E-state index contributed by atoms with van der Waals surface area (Å²) in [6, 6.07) is -3.77. The molecule has 0 aliphatic carbocycles. The van der Waals surface area contributed by atoms with E-state index >= 15 is 4.39 Å². The molecule has 0 bridgehead atoms. The number of halogens is 10. The van der Waals surface area contributed by atoms with Gasteiger partial charge in [-0.25, -0.2) is 22.5 Å². The third kappa shape index (κ3) is 5.23. The number of pyridine rings is 2. The van der Waals surface area contributed by atoms with E-state index in [9.17, 15) is 49.1 Å². The van der Waals surface area contributed by atoms with E-state index in [2.05, 4.69) is 4.98 Å². The molecule has 39 heavy (non-hydrogen) atoms. The number of aromatic nitrogens is 2. The number of hydrogen-bond acceptors (Lipinski definition) is 4. The van der Waals surface area contributed by atoms with Gasteiger partial charge in [0.15, 0.2) is 28.9 Å². The third-order valence-electron chi connectivity index (χ3n) is 6.14. The van der Waals surface area contributed by atoms with Crippen molar-refractivity contribution in [2.45, 2.75) is 44.2 Å². The van der Waals surface area contributed by atoms with Gasteiger partial charge in [-0.3, -0.25) is 14.2 Å². The summed E-state index contributed by atoms with van der Waals surface area (Å²) in [5.74, 6) is -8.39. The number of rotatable bonds is 4. The predicted octanol–water partition coefficient (Wildman–Crippen LogP) is 5.15. The van der Waals surface area contributed by atoms with Gasteiger partial charge in [0.1, 0.15) is 17.1 Å². The summed E-state index contributed by atoms with van der Waals surface area (Å²) in [4.78, 5) is 31.0. The first-order valence-corrected chi connectivity index (χ1v) is 11.1. The molecule has 3 aromatic rings. The zero-order chi connectivity index (χ0) is 29.0. The Morgan fingerprint density at radius 2 is 1.59 bits per heavy atom. The van der Waals surface area contributed by atoms with E-state index in [1.165, 1.54) is 4.90 Å². The maximum absolute atomic E-state index is 15.1. The van der Waals surface area contributed by atoms with Crippen LogP contribution in [0.5, 0.6) is 0 Å². The van der Waals surface area contributed by atoms with E-state index in [0.29, 0.717) is 35.3 Å². The number of hydrogen-bond donors (Lipinski definition) is 1. The highest BCUT2D eigenvalue weighted by Gasteiger charge is 2.57. The Hall–Kier alpha value is -3.85. The standard InChI is InChI=1S/C23H16F10N4O2/c1-9-3-2-4-36(9)19-15(27)7-11-17(38)12(20(39)35-21(22(28,29)30)23(31,32)33)8-37(18(11)34-19)16-13(25)5-10(24)6-14(16)26/h5-9,21H,2-4H2,1H3,(H,35,39)/t9-/m0/s1. The smallest absolute Gasteiger partial charge is 0.351 e. The average Bonchev–Trinajstić information content (AvgIpc) is 3.22. The summed E-state index contributed by atoms with van der Waals surface area (Å²) in [7, 11) is 0. The fourth-order valence-electron chi connectivity index (χ4n) is 4.32. The normalized spacial score (nSPS) is 16.4. The predicted molar refractivity (Wildman–Crippen MR) is 117 cm³/mol. The minimum atomic E-state index is -6.03. The van der Waals surface area contributed by atoms with Crippen LogP contribution >= 0.6 is 0 Å². The molecule has 1 N–H and O–H groups in total. The summed E-state index contributed by atoms with van der Waals surface area (Å²) in [6.45, 7) is 2.02. The number of amides is 1. The van der Waals surface area contributed by atoms with Crippen molar-refractivity contribution >= 4 is 22.8 Å². The molecule has 1 aliphatic heterocycles. The Kier molecular flexibility index (Phi) is 7.02. The van der Waals surface area contributed by atoms with Gasteiger partial charge in [-0.05, 0) is 25.8 Å². The number of fused-ring (bicyclic) bond motifs is 1. The molecule has 0 saturated carbocycles. The Bertz CT molecular complexity index is 1480. The van der Waals surface area contributed by atoms with Crippen LogP contribution in [0.4, 0.5) is 49.7 Å². The SMILES string of the molecule is C[C@H]1CCCN1c1nc2c(cc1F)c(=O)c(C(=O)NC(C(F)(F)F)C(F)(F)F)cn2-c1c(F)cc(F)cc1F. The minimum Gasteiger partial charge on any atom is -0.351 e. The molecule has 1 saturated heterocycles. The molecule has 1 atom stereocenters. The van der Waals surface area contributed by atoms with E-state index in [1.54, 1.807) is 6.92 Å². The van der Waals surface area contributed by atoms with Crippen LogP contribution in [0.2, 0.25) is 0 Å². The van der Waals surface area contributed by atoms with Gasteiger partial charge in [0.05, 0.1) is 5.39 Å². The topological polar surface area (TPSA) is 67.2 Å². The van der Waals surface area contributed by atoms with Gasteiger partial charge in [-0.1, -0.05) is 0 Å². The fourth-order valence-corrected chi connectivity index (χ4v) is 4.32. The molecular formula is C23H16F10N4O2. The summed E-state index contributed by atoms with van der Waals surface area (Å²) in [6.07, 6.45) is -10.6. The largest absolute Gasteiger partial charge is 0.417 e. The molecular weight excluding hydrogens is 554 g/mol. The van der Waals surface area contributed by atoms with Crippen LogP contribution < -0.4 is 15.6 Å². The maximum Gasteiger partial charge on any atom is 0.417 e. The van der Waals surface area contributed by atoms with Crippen molar-refractivity contribution in [1.29, 1.82) is 0 Å². The van der Waals surface area contributed by atoms with Gasteiger partial charge >= 0.3 is 12.4 Å². The molecule has 1 aliphatic rings. The van der Waals surface area contributed by atoms with E-state index < -0.39 is 75.3 Å². The zero-order valence-corrected chi connectivity index (χ0v) is 19.5. The van der Waals surface area contributed by atoms with E-state index in [4.69, 9.17) is 0 Å². The number of nitrogens with one attached hydrogen (secondary N) is 1. The second kappa shape index (κ2) is 9.72. The molecule has 4 rings (SSSR count). The number of carbonyl (C=O) groups excluding carboxylic acids is 1. The van der Waals surface area contributed by atoms with Crippen molar-refractivity contribution < 1.29 is 48.7 Å². The number of alkyl halides is 6. The molecule has 0 unspecified atom stereocenters. The van der Waals surface area contributed by atoms with Gasteiger partial charge in [-0.2, -0.15) is 26.3 Å². The third-order valence-corrected chi connectivity index (χ3v) is 6.14. The van der Waals surface area contributed by atoms with E-state index in [0.717, 1.165) is 0 Å². The molecule has 0 radical (unpaired) electrons. The van der Waals surface area contributed by atoms with Crippen LogP contribution in [-0.4, -0.2) is 46.4 Å². The van der Waals surface area contributed by atoms with Crippen molar-refractivity contribution in [2.24, 2.45) is 0 Å². The lowest BCUT2D eigenvalue weighted by Gasteiger charge is -2.25. The van der Waals surface area contributed by atoms with Crippen LogP contribution in [0.3, 0.4) is 0 Å². The lowest BCUT2D eigenvalue weighted by molar-refractivity contribution is -0.255. The number of nitrogens with zero attached hydrogens (tertiary/aromatic N) is 3. The van der Waals surface area contributed by atoms with Crippen molar-refractivity contribution in [3.8, 4) is 5.69 Å². The Labute approximate surface area is 211 Å². The lowest BCUT2D eigenvalue weighted by atomic mass is 10.1. The van der Waals surface area contributed by atoms with Gasteiger partial charge in [-0.15, -0.1) is 0 Å². The fraction of sp³-hybridized carbons (Fsp3) is 0.348. The van der Waals surface area contributed by atoms with Crippen molar-refractivity contribution in [3.05, 3.63) is 63.5 Å². The number of anilines is 1. The monoisotopic (exact) mass is 570 g/mol. The molecule has 1 fully saturated rings. The minimum absolute atomic E-state index is 0.193. The zero-order valence-electron chi connectivity index (χ0n) is 19.5. The second-order valence-electron chi connectivity index (χ2n) is 8.80. The van der Waals surface area contributed by atoms with Crippen LogP contribution in [0, 0.1) is 23.3 Å². The van der Waals surface area contributed by atoms with Gasteiger partial charge in [0.2, 0.25) is 11.5 Å². The molecule has 0 spiro atoms. The average molecular weight is 570 g/mol. The molecule has 2 aromatic heterocycles. The second-order valence-corrected chi connectivity index (χ2v) is 8.80. The van der Waals surface area contributed by atoms with Crippen LogP contribution in [0.1, 0.15) is 30.1 Å². The quantitative estimate of drug-likeness (QED) is 0.441. The molecule has 16 heteroatoms. The molecule has 1 amide bonds. The molecule has 3 heterocycles. The van der Waals surface area contributed by atoms with Crippen molar-refractivity contribution in [1.82, 2.24) is 14.9 Å². The summed E-state index contributed by atoms with van der Waals surface area (Å²) in [5.41, 5.74) is -4.90. The molecule has 1 aromatic carbocycles. The van der Waals surface area contributed by atoms with Crippen LogP contribution in [0.25, 0.3) is 16.7 Å².